The zero-order chi connectivity index (χ0) is 17.9. The molecule has 1 aliphatic carbocycles. The van der Waals surface area contributed by atoms with E-state index in [1.54, 1.807) is 24.3 Å². The number of hydrogen-bond acceptors (Lipinski definition) is 4. The first kappa shape index (κ1) is 18.2. The predicted molar refractivity (Wildman–Crippen MR) is 94.9 cm³/mol. The van der Waals surface area contributed by atoms with Crippen LogP contribution in [0.3, 0.4) is 0 Å². The summed E-state index contributed by atoms with van der Waals surface area (Å²) < 4.78 is 32.4. The van der Waals surface area contributed by atoms with Gasteiger partial charge in [0.25, 0.3) is 0 Å². The molecular weight excluding hydrogens is 340 g/mol. The Hall–Kier alpha value is -1.60. The van der Waals surface area contributed by atoms with Crippen molar-refractivity contribution in [2.75, 3.05) is 33.3 Å². The number of ether oxygens (including phenoxy) is 1. The van der Waals surface area contributed by atoms with E-state index in [0.717, 1.165) is 25.7 Å². The second kappa shape index (κ2) is 7.74. The highest BCUT2D eigenvalue weighted by Crippen LogP contribution is 2.27. The lowest BCUT2D eigenvalue weighted by molar-refractivity contribution is -0.135. The molecule has 0 aromatic heterocycles. The van der Waals surface area contributed by atoms with Gasteiger partial charge in [-0.15, -0.1) is 0 Å². The lowest BCUT2D eigenvalue weighted by Crippen LogP contribution is -2.39. The third kappa shape index (κ3) is 3.98. The molecule has 0 unspecified atom stereocenters. The topological polar surface area (TPSA) is 66.9 Å². The molecule has 1 saturated carbocycles. The van der Waals surface area contributed by atoms with Gasteiger partial charge in [0.15, 0.2) is 0 Å². The molecule has 1 aromatic rings. The SMILES string of the molecule is COc1cccc(S(=O)(=O)N2CCCN(C(=O)C3CCCC3)CC2)c1. The molecular formula is C18H26N2O4S. The van der Waals surface area contributed by atoms with E-state index in [1.165, 1.54) is 11.4 Å². The van der Waals surface area contributed by atoms with Crippen LogP contribution in [-0.2, 0) is 14.8 Å². The Labute approximate surface area is 149 Å². The highest BCUT2D eigenvalue weighted by molar-refractivity contribution is 7.89. The van der Waals surface area contributed by atoms with Crippen LogP contribution in [0.15, 0.2) is 29.2 Å². The molecule has 1 aromatic carbocycles. The highest BCUT2D eigenvalue weighted by atomic mass is 32.2. The van der Waals surface area contributed by atoms with Crippen molar-refractivity contribution in [3.63, 3.8) is 0 Å². The average molecular weight is 366 g/mol. The second-order valence-electron chi connectivity index (χ2n) is 6.74. The number of methoxy groups -OCH3 is 1. The van der Waals surface area contributed by atoms with Crippen molar-refractivity contribution in [1.82, 2.24) is 9.21 Å². The normalized spacial score (nSPS) is 20.4. The van der Waals surface area contributed by atoms with E-state index in [2.05, 4.69) is 0 Å². The van der Waals surface area contributed by atoms with E-state index in [9.17, 15) is 13.2 Å². The summed E-state index contributed by atoms with van der Waals surface area (Å²) in [4.78, 5) is 14.7. The summed E-state index contributed by atoms with van der Waals surface area (Å²) in [7, 11) is -2.05. The number of rotatable bonds is 4. The summed E-state index contributed by atoms with van der Waals surface area (Å²) in [5.41, 5.74) is 0. The van der Waals surface area contributed by atoms with E-state index < -0.39 is 10.0 Å². The lowest BCUT2D eigenvalue weighted by atomic mass is 10.1. The Bertz CT molecular complexity index is 714. The number of sulfonamides is 1. The zero-order valence-electron chi connectivity index (χ0n) is 14.7. The van der Waals surface area contributed by atoms with Crippen LogP contribution in [0.2, 0.25) is 0 Å². The highest BCUT2D eigenvalue weighted by Gasteiger charge is 2.31. The number of carbonyl (C=O) groups excluding carboxylic acids is 1. The predicted octanol–water partition coefficient (Wildman–Crippen LogP) is 2.11. The molecule has 1 saturated heterocycles. The van der Waals surface area contributed by atoms with Crippen LogP contribution in [0.5, 0.6) is 5.75 Å². The summed E-state index contributed by atoms with van der Waals surface area (Å²) >= 11 is 0. The smallest absolute Gasteiger partial charge is 0.243 e. The summed E-state index contributed by atoms with van der Waals surface area (Å²) in [6.45, 7) is 1.89. The standard InChI is InChI=1S/C18H26N2O4S/c1-24-16-8-4-9-17(14-16)25(22,23)20-11-5-10-19(12-13-20)18(21)15-6-2-3-7-15/h4,8-9,14-15H,2-3,5-7,10-13H2,1H3. The molecule has 2 fully saturated rings. The summed E-state index contributed by atoms with van der Waals surface area (Å²) in [5.74, 6) is 0.869. The number of nitrogens with zero attached hydrogens (tertiary/aromatic N) is 2. The van der Waals surface area contributed by atoms with Gasteiger partial charge in [0, 0.05) is 38.2 Å². The van der Waals surface area contributed by atoms with Gasteiger partial charge in [0.1, 0.15) is 5.75 Å². The van der Waals surface area contributed by atoms with Gasteiger partial charge >= 0.3 is 0 Å². The lowest BCUT2D eigenvalue weighted by Gasteiger charge is -2.24. The Morgan fingerprint density at radius 1 is 1.08 bits per heavy atom. The number of carbonyl (C=O) groups is 1. The number of hydrogen-bond donors (Lipinski definition) is 0. The summed E-state index contributed by atoms with van der Waals surface area (Å²) in [6, 6.07) is 6.54. The van der Waals surface area contributed by atoms with Gasteiger partial charge in [-0.3, -0.25) is 4.79 Å². The molecule has 2 aliphatic rings. The monoisotopic (exact) mass is 366 g/mol. The first-order valence-corrected chi connectivity index (χ1v) is 10.4. The molecule has 0 atom stereocenters. The fraction of sp³-hybridized carbons (Fsp3) is 0.611. The molecule has 3 rings (SSSR count). The molecule has 0 N–H and O–H groups in total. The summed E-state index contributed by atoms with van der Waals surface area (Å²) in [6.07, 6.45) is 4.87. The van der Waals surface area contributed by atoms with E-state index in [0.29, 0.717) is 38.3 Å². The van der Waals surface area contributed by atoms with Crippen LogP contribution >= 0.6 is 0 Å². The van der Waals surface area contributed by atoms with Crippen molar-refractivity contribution in [2.45, 2.75) is 37.0 Å². The molecule has 25 heavy (non-hydrogen) atoms. The first-order chi connectivity index (χ1) is 12.0. The number of benzene rings is 1. The Balaban J connectivity index is 1.70. The van der Waals surface area contributed by atoms with E-state index >= 15 is 0 Å². The zero-order valence-corrected chi connectivity index (χ0v) is 15.5. The van der Waals surface area contributed by atoms with Crippen molar-refractivity contribution >= 4 is 15.9 Å². The van der Waals surface area contributed by atoms with Gasteiger partial charge < -0.3 is 9.64 Å². The summed E-state index contributed by atoms with van der Waals surface area (Å²) in [5, 5.41) is 0. The van der Waals surface area contributed by atoms with Crippen LogP contribution in [0, 0.1) is 5.92 Å². The van der Waals surface area contributed by atoms with Crippen LogP contribution in [-0.4, -0.2) is 56.8 Å². The first-order valence-electron chi connectivity index (χ1n) is 8.95. The quantitative estimate of drug-likeness (QED) is 0.819. The molecule has 1 amide bonds. The molecule has 1 aliphatic heterocycles. The maximum absolute atomic E-state index is 12.9. The molecule has 1 heterocycles. The fourth-order valence-electron chi connectivity index (χ4n) is 3.70. The average Bonchev–Trinajstić information content (AvgIpc) is 3.05. The Morgan fingerprint density at radius 3 is 2.56 bits per heavy atom. The fourth-order valence-corrected chi connectivity index (χ4v) is 5.20. The van der Waals surface area contributed by atoms with Crippen LogP contribution in [0.25, 0.3) is 0 Å². The van der Waals surface area contributed by atoms with Gasteiger partial charge in [-0.1, -0.05) is 18.9 Å². The van der Waals surface area contributed by atoms with Crippen LogP contribution in [0.4, 0.5) is 0 Å². The third-order valence-corrected chi connectivity index (χ3v) is 7.04. The maximum atomic E-state index is 12.9. The van der Waals surface area contributed by atoms with Crippen molar-refractivity contribution in [2.24, 2.45) is 5.92 Å². The van der Waals surface area contributed by atoms with Crippen LogP contribution in [0.1, 0.15) is 32.1 Å². The minimum Gasteiger partial charge on any atom is -0.497 e. The van der Waals surface area contributed by atoms with Crippen molar-refractivity contribution in [3.8, 4) is 5.75 Å². The van der Waals surface area contributed by atoms with Gasteiger partial charge in [0.2, 0.25) is 15.9 Å². The van der Waals surface area contributed by atoms with Crippen molar-refractivity contribution in [3.05, 3.63) is 24.3 Å². The van der Waals surface area contributed by atoms with Crippen molar-refractivity contribution < 1.29 is 17.9 Å². The van der Waals surface area contributed by atoms with Gasteiger partial charge in [-0.25, -0.2) is 8.42 Å². The minimum absolute atomic E-state index is 0.140. The van der Waals surface area contributed by atoms with E-state index in [1.807, 2.05) is 4.90 Å². The van der Waals surface area contributed by atoms with Gasteiger partial charge in [-0.05, 0) is 31.4 Å². The second-order valence-corrected chi connectivity index (χ2v) is 8.68. The molecule has 0 spiro atoms. The van der Waals surface area contributed by atoms with Gasteiger partial charge in [0.05, 0.1) is 12.0 Å². The van der Waals surface area contributed by atoms with E-state index in [4.69, 9.17) is 4.74 Å². The third-order valence-electron chi connectivity index (χ3n) is 5.15. The number of amides is 1. The van der Waals surface area contributed by atoms with E-state index in [-0.39, 0.29) is 16.7 Å². The van der Waals surface area contributed by atoms with Crippen LogP contribution < -0.4 is 4.74 Å². The Kier molecular flexibility index (Phi) is 5.64. The van der Waals surface area contributed by atoms with Gasteiger partial charge in [-0.2, -0.15) is 4.31 Å². The van der Waals surface area contributed by atoms with Crippen molar-refractivity contribution in [1.29, 1.82) is 0 Å². The molecule has 0 bridgehead atoms. The molecule has 0 radical (unpaired) electrons. The molecule has 6 nitrogen and oxygen atoms in total. The largest absolute Gasteiger partial charge is 0.497 e. The minimum atomic E-state index is -3.57. The Morgan fingerprint density at radius 2 is 1.84 bits per heavy atom. The molecule has 138 valence electrons. The maximum Gasteiger partial charge on any atom is 0.243 e. The molecule has 7 heteroatoms.